The lowest BCUT2D eigenvalue weighted by molar-refractivity contribution is 0.0690. The van der Waals surface area contributed by atoms with Gasteiger partial charge in [-0.05, 0) is 54.7 Å². The largest absolute Gasteiger partial charge is 0.488 e. The van der Waals surface area contributed by atoms with E-state index < -0.39 is 17.6 Å². The second-order valence-corrected chi connectivity index (χ2v) is 7.48. The molecule has 31 heavy (non-hydrogen) atoms. The van der Waals surface area contributed by atoms with E-state index in [9.17, 15) is 18.7 Å². The Kier molecular flexibility index (Phi) is 5.95. The molecular weight excluding hydrogens is 426 g/mol. The fourth-order valence-corrected chi connectivity index (χ4v) is 3.79. The molecule has 0 fully saturated rings. The van der Waals surface area contributed by atoms with Crippen LogP contribution in [-0.4, -0.2) is 21.0 Å². The number of ether oxygens (including phenoxy) is 1. The average Bonchev–Trinajstić information content (AvgIpc) is 3.25. The molecule has 1 aromatic heterocycles. The summed E-state index contributed by atoms with van der Waals surface area (Å²) in [4.78, 5) is 19.5. The molecule has 0 saturated carbocycles. The molecule has 0 amide bonds. The summed E-state index contributed by atoms with van der Waals surface area (Å²) in [7, 11) is 0. The first-order valence-electron chi connectivity index (χ1n) is 9.57. The molecule has 0 unspecified atom stereocenters. The molecule has 0 bridgehead atoms. The van der Waals surface area contributed by atoms with Crippen molar-refractivity contribution in [2.24, 2.45) is 0 Å². The number of benzene rings is 2. The van der Waals surface area contributed by atoms with Gasteiger partial charge in [-0.15, -0.1) is 0 Å². The van der Waals surface area contributed by atoms with Gasteiger partial charge in [-0.25, -0.2) is 18.6 Å². The first-order valence-corrected chi connectivity index (χ1v) is 9.95. The maximum Gasteiger partial charge on any atom is 0.356 e. The van der Waals surface area contributed by atoms with Crippen molar-refractivity contribution in [2.45, 2.75) is 25.9 Å². The zero-order valence-corrected chi connectivity index (χ0v) is 17.0. The van der Waals surface area contributed by atoms with E-state index in [-0.39, 0.29) is 17.9 Å². The van der Waals surface area contributed by atoms with Crippen LogP contribution >= 0.6 is 11.6 Å². The number of carboxylic acids is 1. The van der Waals surface area contributed by atoms with Gasteiger partial charge in [-0.3, -0.25) is 4.98 Å². The number of carbonyl (C=O) groups is 1. The highest BCUT2D eigenvalue weighted by atomic mass is 35.5. The van der Waals surface area contributed by atoms with E-state index in [1.807, 2.05) is 0 Å². The Labute approximate surface area is 182 Å². The SMILES string of the molecule is O=C(O)c1cncc(C2=C(c3cc(Cl)ccc3OCc3cccc(F)c3F)CCC2)n1. The number of nitrogens with zero attached hydrogens (tertiary/aromatic N) is 2. The van der Waals surface area contributed by atoms with Gasteiger partial charge >= 0.3 is 5.97 Å². The monoisotopic (exact) mass is 442 g/mol. The van der Waals surface area contributed by atoms with Gasteiger partial charge < -0.3 is 9.84 Å². The molecule has 1 heterocycles. The number of hydrogen-bond acceptors (Lipinski definition) is 4. The summed E-state index contributed by atoms with van der Waals surface area (Å²) >= 11 is 6.23. The number of aromatic nitrogens is 2. The second-order valence-electron chi connectivity index (χ2n) is 7.05. The summed E-state index contributed by atoms with van der Waals surface area (Å²) in [6.45, 7) is -0.158. The molecule has 0 saturated heterocycles. The fraction of sp³-hybridized carbons (Fsp3) is 0.174. The minimum Gasteiger partial charge on any atom is -0.488 e. The van der Waals surface area contributed by atoms with Crippen LogP contribution in [0.25, 0.3) is 11.1 Å². The Balaban J connectivity index is 1.72. The van der Waals surface area contributed by atoms with Crippen LogP contribution in [0.5, 0.6) is 5.75 Å². The number of aromatic carboxylic acids is 1. The highest BCUT2D eigenvalue weighted by Crippen LogP contribution is 2.43. The Morgan fingerprint density at radius 2 is 1.94 bits per heavy atom. The molecular formula is C23H17ClF2N2O3. The average molecular weight is 443 g/mol. The Morgan fingerprint density at radius 3 is 2.74 bits per heavy atom. The zero-order chi connectivity index (χ0) is 22.0. The molecule has 0 aliphatic heterocycles. The van der Waals surface area contributed by atoms with Crippen LogP contribution in [0, 0.1) is 11.6 Å². The molecule has 4 rings (SSSR count). The van der Waals surface area contributed by atoms with E-state index >= 15 is 0 Å². The van der Waals surface area contributed by atoms with Gasteiger partial charge in [-0.1, -0.05) is 23.7 Å². The quantitative estimate of drug-likeness (QED) is 0.524. The first-order chi connectivity index (χ1) is 14.9. The molecule has 0 radical (unpaired) electrons. The van der Waals surface area contributed by atoms with Gasteiger partial charge in [0.1, 0.15) is 12.4 Å². The molecule has 0 atom stereocenters. The molecule has 8 heteroatoms. The topological polar surface area (TPSA) is 72.3 Å². The van der Waals surface area contributed by atoms with Crippen LogP contribution in [0.1, 0.15) is 46.6 Å². The minimum absolute atomic E-state index is 0.0987. The normalized spacial score (nSPS) is 13.5. The van der Waals surface area contributed by atoms with E-state index in [0.29, 0.717) is 34.9 Å². The van der Waals surface area contributed by atoms with Gasteiger partial charge in [0, 0.05) is 16.1 Å². The van der Waals surface area contributed by atoms with E-state index in [2.05, 4.69) is 9.97 Å². The summed E-state index contributed by atoms with van der Waals surface area (Å²) in [6.07, 6.45) is 4.97. The van der Waals surface area contributed by atoms with Gasteiger partial charge in [0.15, 0.2) is 17.3 Å². The predicted octanol–water partition coefficient (Wildman–Crippen LogP) is 5.78. The molecule has 158 valence electrons. The fourth-order valence-electron chi connectivity index (χ4n) is 3.62. The Hall–Kier alpha value is -3.32. The number of hydrogen-bond donors (Lipinski definition) is 1. The third-order valence-corrected chi connectivity index (χ3v) is 5.30. The van der Waals surface area contributed by atoms with Crippen LogP contribution in [-0.2, 0) is 6.61 Å². The third-order valence-electron chi connectivity index (χ3n) is 5.06. The van der Waals surface area contributed by atoms with Gasteiger partial charge in [0.2, 0.25) is 0 Å². The summed E-state index contributed by atoms with van der Waals surface area (Å²) in [5, 5.41) is 9.71. The number of halogens is 3. The lowest BCUT2D eigenvalue weighted by atomic mass is 9.99. The van der Waals surface area contributed by atoms with Gasteiger partial charge in [0.05, 0.1) is 18.1 Å². The van der Waals surface area contributed by atoms with Crippen LogP contribution in [0.4, 0.5) is 8.78 Å². The molecule has 5 nitrogen and oxygen atoms in total. The molecule has 1 aliphatic rings. The third kappa shape index (κ3) is 4.41. The molecule has 1 N–H and O–H groups in total. The number of carboxylic acid groups (broad SMARTS) is 1. The first kappa shape index (κ1) is 20.9. The van der Waals surface area contributed by atoms with E-state index in [1.54, 1.807) is 18.2 Å². The standard InChI is InChI=1S/C23H17ClF2N2O3/c24-14-7-8-21(31-12-13-3-1-6-18(25)22(13)26)17(9-14)15-4-2-5-16(15)19-10-27-11-20(28-19)23(29)30/h1,3,6-11H,2,4-5,12H2,(H,29,30). The maximum absolute atomic E-state index is 14.0. The molecule has 3 aromatic rings. The lowest BCUT2D eigenvalue weighted by Gasteiger charge is -2.15. The zero-order valence-electron chi connectivity index (χ0n) is 16.2. The van der Waals surface area contributed by atoms with Crippen molar-refractivity contribution in [2.75, 3.05) is 0 Å². The Bertz CT molecular complexity index is 1200. The molecule has 1 aliphatic carbocycles. The highest BCUT2D eigenvalue weighted by molar-refractivity contribution is 6.30. The lowest BCUT2D eigenvalue weighted by Crippen LogP contribution is -2.04. The van der Waals surface area contributed by atoms with Crippen molar-refractivity contribution >= 4 is 28.7 Å². The smallest absolute Gasteiger partial charge is 0.356 e. The van der Waals surface area contributed by atoms with E-state index in [0.717, 1.165) is 23.6 Å². The van der Waals surface area contributed by atoms with Crippen molar-refractivity contribution in [3.63, 3.8) is 0 Å². The minimum atomic E-state index is -1.15. The van der Waals surface area contributed by atoms with Gasteiger partial charge in [0.25, 0.3) is 0 Å². The summed E-state index contributed by atoms with van der Waals surface area (Å²) in [6, 6.07) is 9.01. The van der Waals surface area contributed by atoms with Crippen molar-refractivity contribution in [1.82, 2.24) is 9.97 Å². The van der Waals surface area contributed by atoms with Crippen molar-refractivity contribution in [1.29, 1.82) is 0 Å². The van der Waals surface area contributed by atoms with Crippen molar-refractivity contribution < 1.29 is 23.4 Å². The van der Waals surface area contributed by atoms with Crippen molar-refractivity contribution in [3.05, 3.63) is 88.0 Å². The predicted molar refractivity (Wildman–Crippen MR) is 112 cm³/mol. The van der Waals surface area contributed by atoms with E-state index in [1.165, 1.54) is 24.5 Å². The van der Waals surface area contributed by atoms with Gasteiger partial charge in [-0.2, -0.15) is 0 Å². The maximum atomic E-state index is 14.0. The summed E-state index contributed by atoms with van der Waals surface area (Å²) < 4.78 is 33.4. The van der Waals surface area contributed by atoms with E-state index in [4.69, 9.17) is 16.3 Å². The molecule has 2 aromatic carbocycles. The number of rotatable bonds is 6. The molecule has 0 spiro atoms. The Morgan fingerprint density at radius 1 is 1.13 bits per heavy atom. The second kappa shape index (κ2) is 8.81. The van der Waals surface area contributed by atoms with Crippen LogP contribution in [0.2, 0.25) is 5.02 Å². The summed E-state index contributed by atoms with van der Waals surface area (Å²) in [5.41, 5.74) is 2.92. The van der Waals surface area contributed by atoms with Crippen LogP contribution in [0.3, 0.4) is 0 Å². The number of allylic oxidation sites excluding steroid dienone is 2. The van der Waals surface area contributed by atoms with Crippen molar-refractivity contribution in [3.8, 4) is 5.75 Å². The van der Waals surface area contributed by atoms with Crippen LogP contribution in [0.15, 0.2) is 48.8 Å². The van der Waals surface area contributed by atoms with Crippen LogP contribution < -0.4 is 4.74 Å². The highest BCUT2D eigenvalue weighted by Gasteiger charge is 2.23. The summed E-state index contributed by atoms with van der Waals surface area (Å²) in [5.74, 6) is -2.57.